The first-order chi connectivity index (χ1) is 10.9. The fourth-order valence-electron chi connectivity index (χ4n) is 2.20. The van der Waals surface area contributed by atoms with E-state index in [0.29, 0.717) is 17.9 Å². The fraction of sp³-hybridized carbons (Fsp3) is 0.294. The lowest BCUT2D eigenvalue weighted by Gasteiger charge is -2.21. The number of carboxylic acids is 1. The standard InChI is InChI=1S/C17H18FNO4/c1-11(2)9-19(10-16(20)21)17(22)15-8-7-14(23-15)12-3-5-13(18)6-4-12/h3-8,11H,9-10H2,1-2H3,(H,20,21). The van der Waals surface area contributed by atoms with Gasteiger partial charge in [0.1, 0.15) is 18.1 Å². The second kappa shape index (κ2) is 7.09. The number of amides is 1. The van der Waals surface area contributed by atoms with Crippen molar-refractivity contribution < 1.29 is 23.5 Å². The van der Waals surface area contributed by atoms with Crippen LogP contribution >= 0.6 is 0 Å². The van der Waals surface area contributed by atoms with Gasteiger partial charge in [-0.15, -0.1) is 0 Å². The second-order valence-corrected chi connectivity index (χ2v) is 5.64. The van der Waals surface area contributed by atoms with E-state index < -0.39 is 11.9 Å². The molecule has 2 aromatic rings. The molecule has 1 amide bonds. The summed E-state index contributed by atoms with van der Waals surface area (Å²) in [5.74, 6) is -1.30. The quantitative estimate of drug-likeness (QED) is 0.887. The number of carbonyl (C=O) groups excluding carboxylic acids is 1. The fourth-order valence-corrected chi connectivity index (χ4v) is 2.20. The Morgan fingerprint density at radius 1 is 1.17 bits per heavy atom. The minimum Gasteiger partial charge on any atom is -0.480 e. The Bertz CT molecular complexity index is 691. The topological polar surface area (TPSA) is 70.8 Å². The van der Waals surface area contributed by atoms with Gasteiger partial charge in [0.15, 0.2) is 5.76 Å². The molecule has 122 valence electrons. The first kappa shape index (κ1) is 16.7. The molecule has 0 bridgehead atoms. The van der Waals surface area contributed by atoms with Crippen molar-refractivity contribution in [3.63, 3.8) is 0 Å². The summed E-state index contributed by atoms with van der Waals surface area (Å²) in [7, 11) is 0. The Balaban J connectivity index is 2.21. The Hall–Kier alpha value is -2.63. The average Bonchev–Trinajstić information content (AvgIpc) is 2.95. The lowest BCUT2D eigenvalue weighted by molar-refractivity contribution is -0.137. The first-order valence-corrected chi connectivity index (χ1v) is 7.23. The summed E-state index contributed by atoms with van der Waals surface area (Å²) >= 11 is 0. The van der Waals surface area contributed by atoms with Gasteiger partial charge in [-0.1, -0.05) is 13.8 Å². The van der Waals surface area contributed by atoms with Gasteiger partial charge in [0.05, 0.1) is 0 Å². The highest BCUT2D eigenvalue weighted by Crippen LogP contribution is 2.23. The van der Waals surface area contributed by atoms with E-state index in [1.165, 1.54) is 23.1 Å². The third-order valence-electron chi connectivity index (χ3n) is 3.14. The van der Waals surface area contributed by atoms with E-state index in [1.807, 2.05) is 13.8 Å². The molecular weight excluding hydrogens is 301 g/mol. The number of aliphatic carboxylic acids is 1. The maximum Gasteiger partial charge on any atom is 0.323 e. The van der Waals surface area contributed by atoms with Crippen molar-refractivity contribution in [3.05, 3.63) is 48.0 Å². The summed E-state index contributed by atoms with van der Waals surface area (Å²) in [5, 5.41) is 8.94. The van der Waals surface area contributed by atoms with Gasteiger partial charge in [-0.2, -0.15) is 0 Å². The molecule has 2 rings (SSSR count). The molecule has 1 aromatic carbocycles. The number of halogens is 1. The number of carbonyl (C=O) groups is 2. The van der Waals surface area contributed by atoms with Crippen LogP contribution in [-0.2, 0) is 4.79 Å². The van der Waals surface area contributed by atoms with Crippen LogP contribution in [0.4, 0.5) is 4.39 Å². The van der Waals surface area contributed by atoms with E-state index in [9.17, 15) is 14.0 Å². The molecule has 1 N–H and O–H groups in total. The van der Waals surface area contributed by atoms with Crippen LogP contribution in [0.5, 0.6) is 0 Å². The minimum atomic E-state index is -1.08. The van der Waals surface area contributed by atoms with Gasteiger partial charge in [0.25, 0.3) is 5.91 Å². The van der Waals surface area contributed by atoms with E-state index in [-0.39, 0.29) is 24.0 Å². The molecule has 0 saturated heterocycles. The molecule has 23 heavy (non-hydrogen) atoms. The molecular formula is C17H18FNO4. The molecule has 0 saturated carbocycles. The van der Waals surface area contributed by atoms with Crippen LogP contribution < -0.4 is 0 Å². The van der Waals surface area contributed by atoms with Gasteiger partial charge in [-0.3, -0.25) is 9.59 Å². The smallest absolute Gasteiger partial charge is 0.323 e. The SMILES string of the molecule is CC(C)CN(CC(=O)O)C(=O)c1ccc(-c2ccc(F)cc2)o1. The summed E-state index contributed by atoms with van der Waals surface area (Å²) in [5.41, 5.74) is 0.638. The summed E-state index contributed by atoms with van der Waals surface area (Å²) in [6.45, 7) is 3.73. The van der Waals surface area contributed by atoms with Crippen molar-refractivity contribution in [2.24, 2.45) is 5.92 Å². The van der Waals surface area contributed by atoms with Crippen LogP contribution in [0.15, 0.2) is 40.8 Å². The van der Waals surface area contributed by atoms with Crippen molar-refractivity contribution in [2.45, 2.75) is 13.8 Å². The molecule has 0 aliphatic rings. The minimum absolute atomic E-state index is 0.0613. The number of nitrogens with zero attached hydrogens (tertiary/aromatic N) is 1. The van der Waals surface area contributed by atoms with Gasteiger partial charge in [0.2, 0.25) is 0 Å². The normalized spacial score (nSPS) is 10.8. The first-order valence-electron chi connectivity index (χ1n) is 7.23. The lowest BCUT2D eigenvalue weighted by Crippen LogP contribution is -2.38. The maximum absolute atomic E-state index is 12.9. The van der Waals surface area contributed by atoms with E-state index in [4.69, 9.17) is 9.52 Å². The summed E-state index contributed by atoms with van der Waals surface area (Å²) < 4.78 is 18.4. The van der Waals surface area contributed by atoms with Gasteiger partial charge >= 0.3 is 5.97 Å². The molecule has 0 radical (unpaired) electrons. The van der Waals surface area contributed by atoms with Gasteiger partial charge < -0.3 is 14.4 Å². The molecule has 0 atom stereocenters. The Kier molecular flexibility index (Phi) is 5.16. The second-order valence-electron chi connectivity index (χ2n) is 5.64. The van der Waals surface area contributed by atoms with Gasteiger partial charge in [0, 0.05) is 12.1 Å². The van der Waals surface area contributed by atoms with Crippen molar-refractivity contribution in [3.8, 4) is 11.3 Å². The number of furan rings is 1. The van der Waals surface area contributed by atoms with Crippen LogP contribution in [-0.4, -0.2) is 35.0 Å². The number of benzene rings is 1. The third-order valence-corrected chi connectivity index (χ3v) is 3.14. The van der Waals surface area contributed by atoms with Crippen LogP contribution in [0.1, 0.15) is 24.4 Å². The zero-order valence-corrected chi connectivity index (χ0v) is 13.0. The van der Waals surface area contributed by atoms with Crippen LogP contribution in [0.25, 0.3) is 11.3 Å². The van der Waals surface area contributed by atoms with Gasteiger partial charge in [-0.25, -0.2) is 4.39 Å². The molecule has 1 heterocycles. The molecule has 0 aliphatic heterocycles. The highest BCUT2D eigenvalue weighted by molar-refractivity contribution is 5.94. The van der Waals surface area contributed by atoms with Crippen LogP contribution in [0.2, 0.25) is 0 Å². The Morgan fingerprint density at radius 2 is 1.83 bits per heavy atom. The van der Waals surface area contributed by atoms with Crippen molar-refractivity contribution in [1.29, 1.82) is 0 Å². The average molecular weight is 319 g/mol. The van der Waals surface area contributed by atoms with E-state index in [0.717, 1.165) is 0 Å². The zero-order chi connectivity index (χ0) is 17.0. The van der Waals surface area contributed by atoms with E-state index in [1.54, 1.807) is 18.2 Å². The number of carboxylic acid groups (broad SMARTS) is 1. The highest BCUT2D eigenvalue weighted by Gasteiger charge is 2.22. The highest BCUT2D eigenvalue weighted by atomic mass is 19.1. The predicted molar refractivity (Wildman–Crippen MR) is 82.5 cm³/mol. The summed E-state index contributed by atoms with van der Waals surface area (Å²) in [6, 6.07) is 8.80. The molecule has 0 unspecified atom stereocenters. The molecule has 6 heteroatoms. The Labute approximate surface area is 133 Å². The van der Waals surface area contributed by atoms with E-state index in [2.05, 4.69) is 0 Å². The van der Waals surface area contributed by atoms with E-state index >= 15 is 0 Å². The summed E-state index contributed by atoms with van der Waals surface area (Å²) in [4.78, 5) is 24.6. The molecule has 5 nitrogen and oxygen atoms in total. The van der Waals surface area contributed by atoms with Crippen molar-refractivity contribution in [2.75, 3.05) is 13.1 Å². The zero-order valence-electron chi connectivity index (χ0n) is 13.0. The van der Waals surface area contributed by atoms with Crippen LogP contribution in [0, 0.1) is 11.7 Å². The Morgan fingerprint density at radius 3 is 2.39 bits per heavy atom. The molecule has 0 spiro atoms. The van der Waals surface area contributed by atoms with Crippen molar-refractivity contribution >= 4 is 11.9 Å². The number of hydrogen-bond donors (Lipinski definition) is 1. The monoisotopic (exact) mass is 319 g/mol. The predicted octanol–water partition coefficient (Wildman–Crippen LogP) is 3.27. The largest absolute Gasteiger partial charge is 0.480 e. The number of hydrogen-bond acceptors (Lipinski definition) is 3. The maximum atomic E-state index is 12.9. The third kappa shape index (κ3) is 4.42. The molecule has 1 aromatic heterocycles. The van der Waals surface area contributed by atoms with Crippen LogP contribution in [0.3, 0.4) is 0 Å². The van der Waals surface area contributed by atoms with Crippen molar-refractivity contribution in [1.82, 2.24) is 4.90 Å². The van der Waals surface area contributed by atoms with Gasteiger partial charge in [-0.05, 0) is 42.3 Å². The summed E-state index contributed by atoms with van der Waals surface area (Å²) in [6.07, 6.45) is 0. The molecule has 0 aliphatic carbocycles. The lowest BCUT2D eigenvalue weighted by atomic mass is 10.2. The number of rotatable bonds is 6. The molecule has 0 fully saturated rings.